The molecule has 0 aliphatic rings. The Labute approximate surface area is 394 Å². The van der Waals surface area contributed by atoms with Gasteiger partial charge in [-0.25, -0.2) is 0 Å². The third-order valence-electron chi connectivity index (χ3n) is 10.6. The Balaban J connectivity index is 0.000000520. The molecule has 0 radical (unpaired) electrons. The van der Waals surface area contributed by atoms with E-state index in [2.05, 4.69) is 0 Å². The molecule has 0 amide bonds. The van der Waals surface area contributed by atoms with E-state index in [-0.39, 0.29) is 0 Å². The van der Waals surface area contributed by atoms with Gasteiger partial charge in [0.1, 0.15) is 6.15 Å². The van der Waals surface area contributed by atoms with Crippen molar-refractivity contribution in [2.45, 2.75) is 62.1 Å². The van der Waals surface area contributed by atoms with Crippen LogP contribution in [0, 0.1) is 0 Å². The van der Waals surface area contributed by atoms with Crippen LogP contribution in [0.15, 0.2) is 114 Å². The molecule has 1 heterocycles. The monoisotopic (exact) mass is 1110 g/mol. The average Bonchev–Trinajstić information content (AvgIpc) is 3.74. The van der Waals surface area contributed by atoms with Crippen molar-refractivity contribution >= 4 is 39.3 Å². The molecule has 0 bridgehead atoms. The fourth-order valence-electron chi connectivity index (χ4n) is 7.43. The lowest BCUT2D eigenvalue weighted by Gasteiger charge is -2.46. The maximum atomic E-state index is 14.2. The number of hydrogen-bond donors (Lipinski definition) is 0. The van der Waals surface area contributed by atoms with Crippen molar-refractivity contribution in [3.8, 4) is 0 Å². The minimum absolute atomic E-state index is 0.599. The van der Waals surface area contributed by atoms with Crippen LogP contribution in [0.25, 0.3) is 0 Å². The van der Waals surface area contributed by atoms with Gasteiger partial charge in [0.15, 0.2) is 12.7 Å². The van der Waals surface area contributed by atoms with Crippen molar-refractivity contribution in [3.63, 3.8) is 0 Å². The SMILES string of the molecule is FC(F)(F)c1cc([B-](c2cc(C(F)(F)F)cc(C(F)(F)F)c2)(c2cc(C(F)(F)F)cc(C(F)(F)F)c2)c2cc(C(F)(F)F)cc(C(F)(F)F)c2)cc(C(F)(F)F)c1.FC(F)(F)c1ccc(C[n+]2ccsc2)cc1. The molecule has 0 atom stereocenters. The predicted molar refractivity (Wildman–Crippen MR) is 205 cm³/mol. The molecule has 0 saturated heterocycles. The second kappa shape index (κ2) is 19.3. The molecule has 0 fully saturated rings. The maximum absolute atomic E-state index is 14.2. The highest BCUT2D eigenvalue weighted by Gasteiger charge is 2.47. The first-order valence-corrected chi connectivity index (χ1v) is 20.2. The molecule has 396 valence electrons. The first-order chi connectivity index (χ1) is 32.8. The number of thiazole rings is 1. The van der Waals surface area contributed by atoms with Gasteiger partial charge in [-0.15, -0.1) is 0 Å². The minimum atomic E-state index is -6.13. The predicted octanol–water partition coefficient (Wildman–Crippen LogP) is 14.3. The smallest absolute Gasteiger partial charge is 0.194 e. The quantitative estimate of drug-likeness (QED) is 0.0889. The highest BCUT2D eigenvalue weighted by molar-refractivity contribution is 7.20. The summed E-state index contributed by atoms with van der Waals surface area (Å²) in [5, 5.41) is 1.92. The van der Waals surface area contributed by atoms with Gasteiger partial charge in [-0.05, 0) is 36.4 Å². The zero-order valence-electron chi connectivity index (χ0n) is 34.8. The highest BCUT2D eigenvalue weighted by Crippen LogP contribution is 2.41. The van der Waals surface area contributed by atoms with Crippen LogP contribution in [0.2, 0.25) is 0 Å². The van der Waals surface area contributed by atoms with Crippen LogP contribution in [0.3, 0.4) is 0 Å². The van der Waals surface area contributed by atoms with E-state index in [1.165, 1.54) is 12.1 Å². The highest BCUT2D eigenvalue weighted by atomic mass is 32.1. The zero-order valence-corrected chi connectivity index (χ0v) is 35.6. The van der Waals surface area contributed by atoms with Crippen LogP contribution >= 0.6 is 11.3 Å². The average molecular weight is 1110 g/mol. The number of alkyl halides is 27. The molecule has 6 rings (SSSR count). The van der Waals surface area contributed by atoms with Crippen LogP contribution < -0.4 is 26.4 Å². The van der Waals surface area contributed by atoms with E-state index in [1.54, 1.807) is 11.3 Å². The number of rotatable bonds is 6. The van der Waals surface area contributed by atoms with Crippen molar-refractivity contribution in [3.05, 3.63) is 170 Å². The maximum Gasteiger partial charge on any atom is 0.416 e. The lowest BCUT2D eigenvalue weighted by Crippen LogP contribution is -2.75. The van der Waals surface area contributed by atoms with Gasteiger partial charge in [-0.2, -0.15) is 145 Å². The summed E-state index contributed by atoms with van der Waals surface area (Å²) in [5.74, 6) is 0. The van der Waals surface area contributed by atoms with Crippen LogP contribution in [-0.2, 0) is 62.1 Å². The van der Waals surface area contributed by atoms with Crippen LogP contribution in [0.4, 0.5) is 119 Å². The molecule has 30 heteroatoms. The van der Waals surface area contributed by atoms with E-state index in [1.807, 2.05) is 21.7 Å². The van der Waals surface area contributed by atoms with Crippen molar-refractivity contribution in [1.82, 2.24) is 0 Å². The van der Waals surface area contributed by atoms with E-state index in [0.717, 1.165) is 17.7 Å². The Morgan fingerprint density at radius 3 is 0.699 bits per heavy atom. The third-order valence-corrected chi connectivity index (χ3v) is 11.3. The normalized spacial score (nSPS) is 13.7. The third kappa shape index (κ3) is 13.6. The second-order valence-electron chi connectivity index (χ2n) is 15.6. The molecule has 0 aliphatic heterocycles. The van der Waals surface area contributed by atoms with E-state index >= 15 is 0 Å². The van der Waals surface area contributed by atoms with Crippen molar-refractivity contribution < 1.29 is 123 Å². The first-order valence-electron chi connectivity index (χ1n) is 19.2. The molecule has 0 N–H and O–H groups in total. The van der Waals surface area contributed by atoms with Gasteiger partial charge in [-0.3, -0.25) is 0 Å². The molecule has 0 saturated carbocycles. The van der Waals surface area contributed by atoms with Gasteiger partial charge in [0.05, 0.1) is 55.5 Å². The van der Waals surface area contributed by atoms with E-state index in [0.29, 0.717) is 6.54 Å². The minimum Gasteiger partial charge on any atom is -0.194 e. The number of nitrogens with zero attached hydrogens (tertiary/aromatic N) is 1. The topological polar surface area (TPSA) is 3.88 Å². The summed E-state index contributed by atoms with van der Waals surface area (Å²) in [7, 11) is 0. The summed E-state index contributed by atoms with van der Waals surface area (Å²) in [6, 6.07) is -3.57. The molecule has 1 aromatic heterocycles. The van der Waals surface area contributed by atoms with Crippen molar-refractivity contribution in [1.29, 1.82) is 0 Å². The fraction of sp³-hybridized carbons (Fsp3) is 0.233. The van der Waals surface area contributed by atoms with Gasteiger partial charge in [0, 0.05) is 5.56 Å². The van der Waals surface area contributed by atoms with Crippen LogP contribution in [0.5, 0.6) is 0 Å². The van der Waals surface area contributed by atoms with Crippen molar-refractivity contribution in [2.75, 3.05) is 0 Å². The molecule has 0 aliphatic carbocycles. The lowest BCUT2D eigenvalue weighted by molar-refractivity contribution is -0.683. The molecule has 0 unspecified atom stereocenters. The molecule has 1 nitrogen and oxygen atoms in total. The molecule has 73 heavy (non-hydrogen) atoms. The zero-order chi connectivity index (χ0) is 55.5. The Morgan fingerprint density at radius 2 is 0.521 bits per heavy atom. The number of halogens is 27. The van der Waals surface area contributed by atoms with E-state index in [4.69, 9.17) is 0 Å². The van der Waals surface area contributed by atoms with Gasteiger partial charge < -0.3 is 0 Å². The molecule has 0 spiro atoms. The fourth-order valence-corrected chi connectivity index (χ4v) is 8.03. The Morgan fingerprint density at radius 1 is 0.301 bits per heavy atom. The standard InChI is InChI=1S/C32H12BF24.C11H9F3NS/c34-25(35,36)13-1-14(26(37,38)39)6-21(5-13)33(22-7-15(27(40,41)42)2-16(8-22)28(43,44)45,23-9-17(29(46,47)48)3-18(10-23)30(49,50)51)24-11-19(31(52,53)54)4-20(12-24)32(55,56)57;12-11(13,14)10-3-1-9(2-4-10)7-15-5-6-16-8-15/h1-12H;1-6,8H,7H2/q-1;+1. The molecular weight excluding hydrogens is 1090 g/mol. The lowest BCUT2D eigenvalue weighted by atomic mass is 9.12. The van der Waals surface area contributed by atoms with Crippen LogP contribution in [-0.4, -0.2) is 6.15 Å². The van der Waals surface area contributed by atoms with Gasteiger partial charge in [0.2, 0.25) is 5.51 Å². The Hall–Kier alpha value is -6.10. The summed E-state index contributed by atoms with van der Waals surface area (Å²) in [5.41, 5.74) is -28.0. The summed E-state index contributed by atoms with van der Waals surface area (Å²) in [6.45, 7) is 0.599. The Bertz CT molecular complexity index is 2450. The summed E-state index contributed by atoms with van der Waals surface area (Å²) in [4.78, 5) is 0. The largest absolute Gasteiger partial charge is 0.416 e. The van der Waals surface area contributed by atoms with Crippen molar-refractivity contribution in [2.24, 2.45) is 0 Å². The number of aromatic nitrogens is 1. The van der Waals surface area contributed by atoms with Gasteiger partial charge in [0.25, 0.3) is 0 Å². The summed E-state index contributed by atoms with van der Waals surface area (Å²) in [6.07, 6.45) is -57.2. The Kier molecular flexibility index (Phi) is 15.3. The number of benzene rings is 5. The van der Waals surface area contributed by atoms with Crippen LogP contribution in [0.1, 0.15) is 55.6 Å². The number of hydrogen-bond acceptors (Lipinski definition) is 1. The second-order valence-corrected chi connectivity index (χ2v) is 16.4. The summed E-state index contributed by atoms with van der Waals surface area (Å²) < 4.78 is 380. The molecular formula is C43H21BF27NS. The van der Waals surface area contributed by atoms with E-state index in [9.17, 15) is 119 Å². The first kappa shape index (κ1) is 57.8. The summed E-state index contributed by atoms with van der Waals surface area (Å²) >= 11 is 1.55. The molecule has 5 aromatic carbocycles. The van der Waals surface area contributed by atoms with Gasteiger partial charge >= 0.3 is 55.6 Å². The van der Waals surface area contributed by atoms with Gasteiger partial charge in [-0.1, -0.05) is 72.0 Å². The van der Waals surface area contributed by atoms with E-state index < -0.39 is 206 Å². The molecule has 6 aromatic rings.